The summed E-state index contributed by atoms with van der Waals surface area (Å²) in [7, 11) is -7.38. The third-order valence-electron chi connectivity index (χ3n) is 9.13. The summed E-state index contributed by atoms with van der Waals surface area (Å²) in [5.41, 5.74) is 3.78. The monoisotopic (exact) mass is 918 g/mol. The maximum atomic E-state index is 13.4. The predicted octanol–water partition coefficient (Wildman–Crippen LogP) is 8.34. The average Bonchev–Trinajstić information content (AvgIpc) is 3.91. The highest BCUT2D eigenvalue weighted by Crippen LogP contribution is 2.32. The van der Waals surface area contributed by atoms with E-state index < -0.39 is 31.7 Å². The third kappa shape index (κ3) is 9.31. The average molecular weight is 920 g/mol. The Balaban J connectivity index is 0.000000172. The van der Waals surface area contributed by atoms with E-state index in [9.17, 15) is 25.6 Å². The smallest absolute Gasteiger partial charge is 0.243 e. The van der Waals surface area contributed by atoms with Crippen LogP contribution in [0.15, 0.2) is 122 Å². The van der Waals surface area contributed by atoms with Gasteiger partial charge in [0.05, 0.1) is 21.2 Å². The van der Waals surface area contributed by atoms with Crippen molar-refractivity contribution in [1.82, 2.24) is 18.6 Å². The van der Waals surface area contributed by atoms with Gasteiger partial charge in [-0.2, -0.15) is 8.61 Å². The Bertz CT molecular complexity index is 2530. The first-order valence-corrected chi connectivity index (χ1v) is 23.1. The van der Waals surface area contributed by atoms with Crippen molar-refractivity contribution in [3.63, 3.8) is 0 Å². The van der Waals surface area contributed by atoms with Gasteiger partial charge in [-0.05, 0) is 60.7 Å². The first-order chi connectivity index (χ1) is 26.9. The molecule has 2 fully saturated rings. The number of hydrogen-bond acceptors (Lipinski definition) is 10. The van der Waals surface area contributed by atoms with Crippen molar-refractivity contribution < 1.29 is 25.6 Å². The lowest BCUT2D eigenvalue weighted by molar-refractivity contribution is 0.384. The maximum Gasteiger partial charge on any atom is 0.243 e. The van der Waals surface area contributed by atoms with E-state index in [0.29, 0.717) is 57.4 Å². The number of rotatable bonds is 8. The van der Waals surface area contributed by atoms with E-state index in [2.05, 4.69) is 30.7 Å². The van der Waals surface area contributed by atoms with E-state index in [4.69, 9.17) is 16.6 Å². The second-order valence-corrected chi connectivity index (χ2v) is 19.6. The van der Waals surface area contributed by atoms with Crippen LogP contribution in [0.5, 0.6) is 0 Å². The Hall–Kier alpha value is -3.81. The Kier molecular flexibility index (Phi) is 12.5. The number of thiazole rings is 2. The van der Waals surface area contributed by atoms with Crippen LogP contribution in [-0.2, 0) is 20.0 Å². The SMILES string of the molecule is O=S(=O)(c1cccc(F)c1)N1CCN(c2nc(-c3ccc(Cl)cc3)cs2)CC1.O=S(=O)(c1cccc(F)c1)N1CCN(c2nc(-c3cccc(Br)c3)cs2)CC1. The molecule has 0 radical (unpaired) electrons. The van der Waals surface area contributed by atoms with Gasteiger partial charge in [0.1, 0.15) is 11.6 Å². The fourth-order valence-electron chi connectivity index (χ4n) is 6.15. The Morgan fingerprint density at radius 3 is 1.46 bits per heavy atom. The van der Waals surface area contributed by atoms with Crippen molar-refractivity contribution in [2.45, 2.75) is 9.79 Å². The molecule has 292 valence electrons. The van der Waals surface area contributed by atoms with Gasteiger partial charge in [0, 0.05) is 83.7 Å². The van der Waals surface area contributed by atoms with Crippen LogP contribution in [0, 0.1) is 11.6 Å². The number of nitrogens with zero attached hydrogens (tertiary/aromatic N) is 6. The molecule has 0 bridgehead atoms. The quantitative estimate of drug-likeness (QED) is 0.150. The van der Waals surface area contributed by atoms with Crippen molar-refractivity contribution >= 4 is 80.5 Å². The van der Waals surface area contributed by atoms with Crippen LogP contribution in [0.3, 0.4) is 0 Å². The van der Waals surface area contributed by atoms with Crippen LogP contribution < -0.4 is 9.80 Å². The van der Waals surface area contributed by atoms with E-state index in [1.807, 2.05) is 59.3 Å². The van der Waals surface area contributed by atoms with Crippen LogP contribution in [0.1, 0.15) is 0 Å². The second-order valence-electron chi connectivity index (χ2n) is 12.7. The van der Waals surface area contributed by atoms with Crippen LogP contribution >= 0.6 is 50.2 Å². The van der Waals surface area contributed by atoms with E-state index in [1.165, 1.54) is 56.3 Å². The normalized spacial score (nSPS) is 15.7. The lowest BCUT2D eigenvalue weighted by atomic mass is 10.2. The molecular weight excluding hydrogens is 886 g/mol. The zero-order valence-electron chi connectivity index (χ0n) is 29.5. The second kappa shape index (κ2) is 17.4. The number of sulfonamides is 2. The minimum Gasteiger partial charge on any atom is -0.345 e. The van der Waals surface area contributed by atoms with Gasteiger partial charge >= 0.3 is 0 Å². The van der Waals surface area contributed by atoms with Crippen LogP contribution in [0.4, 0.5) is 19.0 Å². The van der Waals surface area contributed by atoms with Crippen LogP contribution in [0.2, 0.25) is 5.02 Å². The molecule has 6 aromatic rings. The summed E-state index contributed by atoms with van der Waals surface area (Å²) in [5.74, 6) is -1.11. The minimum absolute atomic E-state index is 0.00728. The zero-order valence-corrected chi connectivity index (χ0v) is 35.1. The summed E-state index contributed by atoms with van der Waals surface area (Å²) < 4.78 is 81.5. The van der Waals surface area contributed by atoms with Gasteiger partial charge < -0.3 is 9.80 Å². The van der Waals surface area contributed by atoms with Crippen molar-refractivity contribution in [3.05, 3.63) is 129 Å². The van der Waals surface area contributed by atoms with Gasteiger partial charge in [-0.1, -0.05) is 63.9 Å². The third-order valence-corrected chi connectivity index (χ3v) is 15.5. The molecule has 0 unspecified atom stereocenters. The summed E-state index contributed by atoms with van der Waals surface area (Å²) in [6.45, 7) is 3.48. The summed E-state index contributed by atoms with van der Waals surface area (Å²) in [4.78, 5) is 13.5. The molecule has 4 heterocycles. The number of benzene rings is 4. The summed E-state index contributed by atoms with van der Waals surface area (Å²) in [5, 5.41) is 6.39. The number of piperazine rings is 2. The lowest BCUT2D eigenvalue weighted by Gasteiger charge is -2.33. The standard InChI is InChI=1S/C19H17BrFN3O2S2.C19H17ClFN3O2S2/c20-15-4-1-3-14(11-15)18-13-27-19(22-18)23-7-9-24(10-8-23)28(25,26)17-6-2-5-16(21)12-17;20-15-6-4-14(5-7-15)18-13-27-19(22-18)23-8-10-24(11-9-23)28(25,26)17-3-1-2-16(21)12-17/h1-6,11-13H,7-10H2;1-7,12-13H,8-11H2. The lowest BCUT2D eigenvalue weighted by Crippen LogP contribution is -2.48. The molecule has 2 saturated heterocycles. The first-order valence-electron chi connectivity index (χ1n) is 17.3. The molecular formula is C38H34BrClF2N6O4S4. The minimum atomic E-state index is -3.69. The predicted molar refractivity (Wildman–Crippen MR) is 223 cm³/mol. The van der Waals surface area contributed by atoms with Crippen molar-refractivity contribution in [2.75, 3.05) is 62.2 Å². The fraction of sp³-hybridized carbons (Fsp3) is 0.211. The topological polar surface area (TPSA) is 107 Å². The highest BCUT2D eigenvalue weighted by atomic mass is 79.9. The van der Waals surface area contributed by atoms with Crippen LogP contribution in [0.25, 0.3) is 22.5 Å². The summed E-state index contributed by atoms with van der Waals surface area (Å²) in [6.07, 6.45) is 0. The molecule has 8 rings (SSSR count). The number of hydrogen-bond donors (Lipinski definition) is 0. The number of halogens is 4. The van der Waals surface area contributed by atoms with Crippen molar-refractivity contribution in [2.24, 2.45) is 0 Å². The van der Waals surface area contributed by atoms with Crippen LogP contribution in [-0.4, -0.2) is 87.8 Å². The largest absolute Gasteiger partial charge is 0.345 e. The van der Waals surface area contributed by atoms with Gasteiger partial charge in [0.25, 0.3) is 0 Å². The first kappa shape index (κ1) is 40.4. The van der Waals surface area contributed by atoms with Gasteiger partial charge in [-0.25, -0.2) is 35.6 Å². The Morgan fingerprint density at radius 1 is 0.571 bits per heavy atom. The molecule has 10 nitrogen and oxygen atoms in total. The van der Waals surface area contributed by atoms with Gasteiger partial charge in [-0.15, -0.1) is 22.7 Å². The summed E-state index contributed by atoms with van der Waals surface area (Å²) in [6, 6.07) is 25.7. The highest BCUT2D eigenvalue weighted by molar-refractivity contribution is 9.10. The maximum absolute atomic E-state index is 13.4. The van der Waals surface area contributed by atoms with Gasteiger partial charge in [0.2, 0.25) is 20.0 Å². The fourth-order valence-corrected chi connectivity index (χ4v) is 11.4. The molecule has 56 heavy (non-hydrogen) atoms. The van der Waals surface area contributed by atoms with Crippen molar-refractivity contribution in [3.8, 4) is 22.5 Å². The van der Waals surface area contributed by atoms with E-state index in [1.54, 1.807) is 11.3 Å². The van der Waals surface area contributed by atoms with Gasteiger partial charge in [0.15, 0.2) is 10.3 Å². The molecule has 2 aliphatic heterocycles. The molecule has 2 aromatic heterocycles. The zero-order chi connectivity index (χ0) is 39.5. The molecule has 0 spiro atoms. The number of aromatic nitrogens is 2. The summed E-state index contributed by atoms with van der Waals surface area (Å²) >= 11 is 12.5. The molecule has 4 aromatic carbocycles. The molecule has 18 heteroatoms. The molecule has 0 amide bonds. The van der Waals surface area contributed by atoms with E-state index in [0.717, 1.165) is 49.4 Å². The Morgan fingerprint density at radius 2 is 1.02 bits per heavy atom. The van der Waals surface area contributed by atoms with E-state index >= 15 is 0 Å². The van der Waals surface area contributed by atoms with E-state index in [-0.39, 0.29) is 9.79 Å². The molecule has 0 aliphatic carbocycles. The van der Waals surface area contributed by atoms with Gasteiger partial charge in [-0.3, -0.25) is 0 Å². The highest BCUT2D eigenvalue weighted by Gasteiger charge is 2.31. The number of anilines is 2. The van der Waals surface area contributed by atoms with Crippen molar-refractivity contribution in [1.29, 1.82) is 0 Å². The molecule has 2 aliphatic rings. The molecule has 0 atom stereocenters. The Labute approximate surface area is 345 Å². The molecule has 0 saturated carbocycles. The molecule has 0 N–H and O–H groups in total.